The average Bonchev–Trinajstić information content (AvgIpc) is 2.54. The predicted molar refractivity (Wildman–Crippen MR) is 92.3 cm³/mol. The molecule has 2 aromatic rings. The molecule has 3 rings (SSSR count). The molecule has 0 saturated carbocycles. The van der Waals surface area contributed by atoms with Gasteiger partial charge < -0.3 is 10.1 Å². The lowest BCUT2D eigenvalue weighted by Gasteiger charge is -2.23. The minimum atomic E-state index is 0.509. The number of nitrogens with one attached hydrogen (secondary N) is 1. The first-order valence-corrected chi connectivity index (χ1v) is 8.39. The van der Waals surface area contributed by atoms with Gasteiger partial charge in [0.05, 0.1) is 10.0 Å². The predicted octanol–water partition coefficient (Wildman–Crippen LogP) is 5.33. The van der Waals surface area contributed by atoms with Crippen molar-refractivity contribution in [2.75, 3.05) is 13.1 Å². The van der Waals surface area contributed by atoms with Gasteiger partial charge in [-0.25, -0.2) is 0 Å². The van der Waals surface area contributed by atoms with Crippen molar-refractivity contribution in [3.05, 3.63) is 58.1 Å². The van der Waals surface area contributed by atoms with Gasteiger partial charge in [-0.2, -0.15) is 0 Å². The molecule has 0 amide bonds. The maximum Gasteiger partial charge on any atom is 0.130 e. The van der Waals surface area contributed by atoms with Crippen molar-refractivity contribution in [1.82, 2.24) is 5.32 Å². The Balaban J connectivity index is 1.76. The van der Waals surface area contributed by atoms with Crippen LogP contribution in [0.3, 0.4) is 0 Å². The van der Waals surface area contributed by atoms with Gasteiger partial charge in [0.1, 0.15) is 11.5 Å². The number of hydrogen-bond donors (Lipinski definition) is 1. The maximum absolute atomic E-state index is 6.06. The molecular weight excluding hydrogens is 317 g/mol. The minimum Gasteiger partial charge on any atom is -0.457 e. The molecule has 116 valence electrons. The van der Waals surface area contributed by atoms with E-state index in [-0.39, 0.29) is 0 Å². The van der Waals surface area contributed by atoms with Gasteiger partial charge in [-0.15, -0.1) is 0 Å². The zero-order valence-electron chi connectivity index (χ0n) is 12.3. The molecule has 1 aliphatic rings. The van der Waals surface area contributed by atoms with Gasteiger partial charge in [0, 0.05) is 6.07 Å². The molecule has 2 nitrogen and oxygen atoms in total. The van der Waals surface area contributed by atoms with Crippen LogP contribution in [0.15, 0.2) is 42.5 Å². The molecule has 0 aromatic heterocycles. The Bertz CT molecular complexity index is 639. The number of hydrogen-bond acceptors (Lipinski definition) is 2. The molecule has 0 aliphatic carbocycles. The van der Waals surface area contributed by atoms with Crippen molar-refractivity contribution in [2.45, 2.75) is 19.3 Å². The summed E-state index contributed by atoms with van der Waals surface area (Å²) in [4.78, 5) is 0. The van der Waals surface area contributed by atoms with Gasteiger partial charge in [0.2, 0.25) is 0 Å². The molecule has 1 heterocycles. The van der Waals surface area contributed by atoms with E-state index in [1.165, 1.54) is 18.4 Å². The fourth-order valence-corrected chi connectivity index (χ4v) is 3.12. The van der Waals surface area contributed by atoms with Crippen molar-refractivity contribution < 1.29 is 4.74 Å². The molecule has 2 aromatic carbocycles. The highest BCUT2D eigenvalue weighted by atomic mass is 35.5. The number of halogens is 2. The van der Waals surface area contributed by atoms with Crippen LogP contribution in [0.25, 0.3) is 0 Å². The van der Waals surface area contributed by atoms with Crippen LogP contribution in [-0.2, 0) is 6.42 Å². The normalized spacial score (nSPS) is 15.7. The fraction of sp³-hybridized carbons (Fsp3) is 0.333. The molecule has 1 N–H and O–H groups in total. The lowest BCUT2D eigenvalue weighted by molar-refractivity contribution is 0.367. The van der Waals surface area contributed by atoms with Crippen molar-refractivity contribution >= 4 is 23.2 Å². The second-order valence-electron chi connectivity index (χ2n) is 5.68. The summed E-state index contributed by atoms with van der Waals surface area (Å²) in [7, 11) is 0. The van der Waals surface area contributed by atoms with Gasteiger partial charge in [-0.3, -0.25) is 0 Å². The van der Waals surface area contributed by atoms with E-state index < -0.39 is 0 Å². The monoisotopic (exact) mass is 335 g/mol. The van der Waals surface area contributed by atoms with Crippen LogP contribution in [0.1, 0.15) is 18.4 Å². The topological polar surface area (TPSA) is 21.3 Å². The van der Waals surface area contributed by atoms with Crippen LogP contribution in [0.2, 0.25) is 10.0 Å². The highest BCUT2D eigenvalue weighted by molar-refractivity contribution is 6.42. The summed E-state index contributed by atoms with van der Waals surface area (Å²) in [6.45, 7) is 2.22. The first-order valence-electron chi connectivity index (χ1n) is 7.64. The number of rotatable bonds is 4. The number of para-hydroxylation sites is 1. The van der Waals surface area contributed by atoms with E-state index in [1.807, 2.05) is 18.2 Å². The van der Waals surface area contributed by atoms with E-state index in [0.29, 0.717) is 15.8 Å². The summed E-state index contributed by atoms with van der Waals surface area (Å²) < 4.78 is 6.03. The van der Waals surface area contributed by atoms with Gasteiger partial charge in [0.25, 0.3) is 0 Å². The Morgan fingerprint density at radius 3 is 2.55 bits per heavy atom. The molecule has 0 spiro atoms. The Hall–Kier alpha value is -1.22. The van der Waals surface area contributed by atoms with Gasteiger partial charge in [0.15, 0.2) is 0 Å². The first-order chi connectivity index (χ1) is 10.7. The zero-order chi connectivity index (χ0) is 15.4. The molecule has 0 bridgehead atoms. The van der Waals surface area contributed by atoms with Gasteiger partial charge in [-0.05, 0) is 62.0 Å². The van der Waals surface area contributed by atoms with E-state index in [9.17, 15) is 0 Å². The van der Waals surface area contributed by atoms with Crippen molar-refractivity contribution in [1.29, 1.82) is 0 Å². The average molecular weight is 336 g/mol. The van der Waals surface area contributed by atoms with E-state index in [0.717, 1.165) is 31.2 Å². The first kappa shape index (κ1) is 15.7. The second kappa shape index (κ2) is 7.36. The van der Waals surface area contributed by atoms with E-state index in [4.69, 9.17) is 27.9 Å². The highest BCUT2D eigenvalue weighted by Gasteiger charge is 2.16. The zero-order valence-corrected chi connectivity index (χ0v) is 13.8. The molecule has 1 fully saturated rings. The fourth-order valence-electron chi connectivity index (χ4n) is 2.84. The van der Waals surface area contributed by atoms with E-state index in [1.54, 1.807) is 12.1 Å². The summed E-state index contributed by atoms with van der Waals surface area (Å²) in [6, 6.07) is 13.6. The summed E-state index contributed by atoms with van der Waals surface area (Å²) in [5, 5.41) is 4.46. The van der Waals surface area contributed by atoms with Crippen LogP contribution < -0.4 is 10.1 Å². The molecule has 0 radical (unpaired) electrons. The smallest absolute Gasteiger partial charge is 0.130 e. The van der Waals surface area contributed by atoms with Crippen LogP contribution >= 0.6 is 23.2 Å². The lowest BCUT2D eigenvalue weighted by Crippen LogP contribution is -2.28. The SMILES string of the molecule is Clc1ccc(Oc2ccccc2CC2CCNCC2)cc1Cl. The molecule has 22 heavy (non-hydrogen) atoms. The summed E-state index contributed by atoms with van der Waals surface area (Å²) in [5.41, 5.74) is 1.25. The van der Waals surface area contributed by atoms with E-state index >= 15 is 0 Å². The largest absolute Gasteiger partial charge is 0.457 e. The summed E-state index contributed by atoms with van der Waals surface area (Å²) >= 11 is 12.0. The van der Waals surface area contributed by atoms with Crippen molar-refractivity contribution in [3.8, 4) is 11.5 Å². The third kappa shape index (κ3) is 3.95. The van der Waals surface area contributed by atoms with Crippen LogP contribution in [-0.4, -0.2) is 13.1 Å². The quantitative estimate of drug-likeness (QED) is 0.815. The molecular formula is C18H19Cl2NO. The van der Waals surface area contributed by atoms with Gasteiger partial charge in [-0.1, -0.05) is 41.4 Å². The Morgan fingerprint density at radius 1 is 1.00 bits per heavy atom. The molecule has 1 saturated heterocycles. The van der Waals surface area contributed by atoms with Crippen LogP contribution in [0, 0.1) is 5.92 Å². The number of piperidine rings is 1. The Morgan fingerprint density at radius 2 is 1.77 bits per heavy atom. The maximum atomic E-state index is 6.06. The highest BCUT2D eigenvalue weighted by Crippen LogP contribution is 2.32. The minimum absolute atomic E-state index is 0.509. The standard InChI is InChI=1S/C18H19Cl2NO/c19-16-6-5-15(12-17(16)20)22-18-4-2-1-3-14(18)11-13-7-9-21-10-8-13/h1-6,12-13,21H,7-11H2. The van der Waals surface area contributed by atoms with Crippen LogP contribution in [0.4, 0.5) is 0 Å². The third-order valence-electron chi connectivity index (χ3n) is 4.06. The number of ether oxygens (including phenoxy) is 1. The molecule has 1 aliphatic heterocycles. The molecule has 0 atom stereocenters. The summed E-state index contributed by atoms with van der Waals surface area (Å²) in [5.74, 6) is 2.34. The molecule has 0 unspecified atom stereocenters. The summed E-state index contributed by atoms with van der Waals surface area (Å²) in [6.07, 6.45) is 3.50. The van der Waals surface area contributed by atoms with Crippen LogP contribution in [0.5, 0.6) is 11.5 Å². The lowest BCUT2D eigenvalue weighted by atomic mass is 9.90. The van der Waals surface area contributed by atoms with Crippen molar-refractivity contribution in [2.24, 2.45) is 5.92 Å². The third-order valence-corrected chi connectivity index (χ3v) is 4.80. The Labute approximate surface area is 141 Å². The second-order valence-corrected chi connectivity index (χ2v) is 6.50. The Kier molecular flexibility index (Phi) is 5.24. The molecule has 4 heteroatoms. The van der Waals surface area contributed by atoms with Gasteiger partial charge >= 0.3 is 0 Å². The van der Waals surface area contributed by atoms with E-state index in [2.05, 4.69) is 17.4 Å². The van der Waals surface area contributed by atoms with Crippen molar-refractivity contribution in [3.63, 3.8) is 0 Å². The number of benzene rings is 2.